The Hall–Kier alpha value is -1.15. The molecule has 0 bridgehead atoms. The summed E-state index contributed by atoms with van der Waals surface area (Å²) in [6.45, 7) is 4.70. The minimum Gasteiger partial charge on any atom is -0.378 e. The van der Waals surface area contributed by atoms with Gasteiger partial charge in [0, 0.05) is 38.4 Å². The van der Waals surface area contributed by atoms with Crippen LogP contribution in [0.15, 0.2) is 24.3 Å². The van der Waals surface area contributed by atoms with E-state index in [9.17, 15) is 8.42 Å². The minimum absolute atomic E-state index is 0.326. The zero-order chi connectivity index (χ0) is 16.8. The van der Waals surface area contributed by atoms with Crippen LogP contribution in [0.3, 0.4) is 0 Å². The highest BCUT2D eigenvalue weighted by Gasteiger charge is 2.23. The molecule has 134 valence electrons. The van der Waals surface area contributed by atoms with Crippen molar-refractivity contribution < 1.29 is 13.2 Å². The largest absolute Gasteiger partial charge is 0.378 e. The fourth-order valence-electron chi connectivity index (χ4n) is 3.32. The molecule has 6 nitrogen and oxygen atoms in total. The maximum atomic E-state index is 12.6. The van der Waals surface area contributed by atoms with Crippen molar-refractivity contribution in [2.45, 2.75) is 32.2 Å². The fraction of sp³-hybridized carbons (Fsp3) is 0.647. The summed E-state index contributed by atoms with van der Waals surface area (Å²) in [5.74, 6) is 0. The van der Waals surface area contributed by atoms with Gasteiger partial charge in [0.25, 0.3) is 10.2 Å². The Morgan fingerprint density at radius 2 is 1.62 bits per heavy atom. The highest BCUT2D eigenvalue weighted by Crippen LogP contribution is 2.22. The summed E-state index contributed by atoms with van der Waals surface area (Å²) in [4.78, 5) is 2.26. The molecule has 24 heavy (non-hydrogen) atoms. The van der Waals surface area contributed by atoms with E-state index < -0.39 is 10.2 Å². The van der Waals surface area contributed by atoms with Crippen molar-refractivity contribution in [1.82, 2.24) is 9.03 Å². The molecule has 2 heterocycles. The average molecular weight is 353 g/mol. The topological polar surface area (TPSA) is 61.9 Å². The van der Waals surface area contributed by atoms with E-state index in [2.05, 4.69) is 15.7 Å². The van der Waals surface area contributed by atoms with Gasteiger partial charge in [-0.05, 0) is 24.5 Å². The first-order valence-corrected chi connectivity index (χ1v) is 10.3. The molecule has 0 unspecified atom stereocenters. The normalized spacial score (nSPS) is 20.8. The minimum atomic E-state index is -3.41. The molecule has 1 aromatic carbocycles. The summed E-state index contributed by atoms with van der Waals surface area (Å²) in [6, 6.07) is 8.01. The van der Waals surface area contributed by atoms with Crippen LogP contribution in [-0.2, 0) is 21.5 Å². The lowest BCUT2D eigenvalue weighted by Gasteiger charge is -2.30. The summed E-state index contributed by atoms with van der Waals surface area (Å²) in [5, 5.41) is 0. The van der Waals surface area contributed by atoms with Crippen molar-refractivity contribution in [1.29, 1.82) is 0 Å². The van der Waals surface area contributed by atoms with E-state index >= 15 is 0 Å². The fourth-order valence-corrected chi connectivity index (χ4v) is 4.57. The van der Waals surface area contributed by atoms with Gasteiger partial charge in [0.15, 0.2) is 0 Å². The van der Waals surface area contributed by atoms with E-state index in [1.165, 1.54) is 0 Å². The van der Waals surface area contributed by atoms with Crippen LogP contribution in [-0.4, -0.2) is 52.1 Å². The number of rotatable bonds is 5. The molecule has 2 saturated heterocycles. The smallest absolute Gasteiger partial charge is 0.279 e. The molecule has 0 saturated carbocycles. The predicted octanol–water partition coefficient (Wildman–Crippen LogP) is 1.73. The van der Waals surface area contributed by atoms with Gasteiger partial charge in [-0.3, -0.25) is 0 Å². The number of hydrogen-bond acceptors (Lipinski definition) is 4. The molecule has 0 amide bonds. The standard InChI is InChI=1S/C17H27N3O3S/c21-24(22,20-9-5-1-2-6-10-20)18-15-16-7-3-4-8-17(16)19-11-13-23-14-12-19/h3-4,7-8,18H,1-2,5-6,9-15H2. The Bertz CT molecular complexity index is 622. The molecular weight excluding hydrogens is 326 g/mol. The molecule has 2 aliphatic heterocycles. The second-order valence-corrected chi connectivity index (χ2v) is 8.12. The molecule has 2 aliphatic rings. The summed E-state index contributed by atoms with van der Waals surface area (Å²) in [5.41, 5.74) is 2.11. The highest BCUT2D eigenvalue weighted by molar-refractivity contribution is 7.87. The molecule has 1 aromatic rings. The zero-order valence-electron chi connectivity index (χ0n) is 14.1. The monoisotopic (exact) mass is 353 g/mol. The molecular formula is C17H27N3O3S. The van der Waals surface area contributed by atoms with Gasteiger partial charge in [-0.25, -0.2) is 0 Å². The molecule has 0 aliphatic carbocycles. The second-order valence-electron chi connectivity index (χ2n) is 6.37. The Labute approximate surface area is 145 Å². The summed E-state index contributed by atoms with van der Waals surface area (Å²) in [7, 11) is -3.41. The Morgan fingerprint density at radius 3 is 2.33 bits per heavy atom. The van der Waals surface area contributed by atoms with Crippen LogP contribution in [0, 0.1) is 0 Å². The van der Waals surface area contributed by atoms with E-state index in [0.717, 1.165) is 50.0 Å². The SMILES string of the molecule is O=S(=O)(NCc1ccccc1N1CCOCC1)N1CCCCCC1. The molecule has 0 aromatic heterocycles. The number of anilines is 1. The van der Waals surface area contributed by atoms with Crippen LogP contribution in [0.4, 0.5) is 5.69 Å². The van der Waals surface area contributed by atoms with Crippen molar-refractivity contribution in [2.75, 3.05) is 44.3 Å². The number of nitrogens with zero attached hydrogens (tertiary/aromatic N) is 2. The van der Waals surface area contributed by atoms with Crippen LogP contribution in [0.25, 0.3) is 0 Å². The van der Waals surface area contributed by atoms with E-state index in [4.69, 9.17) is 4.74 Å². The van der Waals surface area contributed by atoms with Gasteiger partial charge in [0.2, 0.25) is 0 Å². The van der Waals surface area contributed by atoms with Crippen molar-refractivity contribution in [3.8, 4) is 0 Å². The van der Waals surface area contributed by atoms with Crippen LogP contribution in [0.1, 0.15) is 31.2 Å². The van der Waals surface area contributed by atoms with Crippen molar-refractivity contribution in [2.24, 2.45) is 0 Å². The number of nitrogens with one attached hydrogen (secondary N) is 1. The molecule has 1 N–H and O–H groups in total. The molecule has 0 spiro atoms. The lowest BCUT2D eigenvalue weighted by atomic mass is 10.1. The molecule has 7 heteroatoms. The van der Waals surface area contributed by atoms with Gasteiger partial charge in [-0.2, -0.15) is 17.4 Å². The zero-order valence-corrected chi connectivity index (χ0v) is 14.9. The predicted molar refractivity (Wildman–Crippen MR) is 95.3 cm³/mol. The van der Waals surface area contributed by atoms with Gasteiger partial charge in [0.05, 0.1) is 13.2 Å². The van der Waals surface area contributed by atoms with Gasteiger partial charge in [0.1, 0.15) is 0 Å². The maximum absolute atomic E-state index is 12.6. The summed E-state index contributed by atoms with van der Waals surface area (Å²) in [6.07, 6.45) is 4.13. The van der Waals surface area contributed by atoms with Gasteiger partial charge < -0.3 is 9.64 Å². The van der Waals surface area contributed by atoms with Crippen LogP contribution in [0.5, 0.6) is 0 Å². The average Bonchev–Trinajstić information content (AvgIpc) is 2.91. The second kappa shape index (κ2) is 8.29. The van der Waals surface area contributed by atoms with E-state index in [-0.39, 0.29) is 0 Å². The lowest BCUT2D eigenvalue weighted by Crippen LogP contribution is -2.41. The van der Waals surface area contributed by atoms with E-state index in [1.807, 2.05) is 18.2 Å². The third-order valence-corrected chi connectivity index (χ3v) is 6.25. The number of hydrogen-bond donors (Lipinski definition) is 1. The highest BCUT2D eigenvalue weighted by atomic mass is 32.2. The van der Waals surface area contributed by atoms with E-state index in [0.29, 0.717) is 32.8 Å². The summed E-state index contributed by atoms with van der Waals surface area (Å²) < 4.78 is 35.0. The van der Waals surface area contributed by atoms with Crippen LogP contribution >= 0.6 is 0 Å². The molecule has 0 atom stereocenters. The van der Waals surface area contributed by atoms with Crippen molar-refractivity contribution >= 4 is 15.9 Å². The first kappa shape index (κ1) is 17.7. The molecule has 3 rings (SSSR count). The Kier molecular flexibility index (Phi) is 6.10. The van der Waals surface area contributed by atoms with Gasteiger partial charge in [-0.1, -0.05) is 31.0 Å². The summed E-state index contributed by atoms with van der Waals surface area (Å²) >= 11 is 0. The first-order valence-electron chi connectivity index (χ1n) is 8.82. The molecule has 2 fully saturated rings. The number of ether oxygens (including phenoxy) is 1. The number of para-hydroxylation sites is 1. The maximum Gasteiger partial charge on any atom is 0.279 e. The molecule has 0 radical (unpaired) electrons. The van der Waals surface area contributed by atoms with Gasteiger partial charge >= 0.3 is 0 Å². The Morgan fingerprint density at radius 1 is 0.958 bits per heavy atom. The third-order valence-electron chi connectivity index (χ3n) is 4.69. The number of benzene rings is 1. The van der Waals surface area contributed by atoms with Crippen molar-refractivity contribution in [3.05, 3.63) is 29.8 Å². The first-order chi connectivity index (χ1) is 11.7. The Balaban J connectivity index is 1.67. The van der Waals surface area contributed by atoms with E-state index in [1.54, 1.807) is 4.31 Å². The van der Waals surface area contributed by atoms with Crippen molar-refractivity contribution in [3.63, 3.8) is 0 Å². The third kappa shape index (κ3) is 4.47. The lowest BCUT2D eigenvalue weighted by molar-refractivity contribution is 0.122. The number of morpholine rings is 1. The quantitative estimate of drug-likeness (QED) is 0.876. The van der Waals surface area contributed by atoms with Crippen LogP contribution < -0.4 is 9.62 Å². The van der Waals surface area contributed by atoms with Crippen LogP contribution in [0.2, 0.25) is 0 Å². The van der Waals surface area contributed by atoms with Gasteiger partial charge in [-0.15, -0.1) is 0 Å².